The molecular formula is C17H13F3N2O2S. The Bertz CT molecular complexity index is 980. The van der Waals surface area contributed by atoms with Gasteiger partial charge in [0.2, 0.25) is 0 Å². The van der Waals surface area contributed by atoms with Crippen LogP contribution in [-0.2, 0) is 6.18 Å². The van der Waals surface area contributed by atoms with E-state index in [0.717, 1.165) is 29.0 Å². The van der Waals surface area contributed by atoms with Crippen LogP contribution >= 0.6 is 11.3 Å². The molecule has 0 radical (unpaired) electrons. The summed E-state index contributed by atoms with van der Waals surface area (Å²) < 4.78 is 38.6. The number of thiazole rings is 1. The normalized spacial score (nSPS) is 11.7. The van der Waals surface area contributed by atoms with Crippen LogP contribution in [-0.4, -0.2) is 16.0 Å². The first-order chi connectivity index (χ1) is 11.6. The van der Waals surface area contributed by atoms with Crippen molar-refractivity contribution in [3.05, 3.63) is 52.6 Å². The number of carbonyl (C=O) groups excluding carboxylic acids is 1. The number of phenolic OH excluding ortho intramolecular Hbond substituents is 1. The molecule has 25 heavy (non-hydrogen) atoms. The maximum atomic E-state index is 12.8. The molecule has 0 bridgehead atoms. The summed E-state index contributed by atoms with van der Waals surface area (Å²) in [6, 6.07) is 6.48. The smallest absolute Gasteiger partial charge is 0.416 e. The minimum absolute atomic E-state index is 0.0905. The minimum atomic E-state index is -4.44. The lowest BCUT2D eigenvalue weighted by molar-refractivity contribution is -0.137. The third-order valence-corrected chi connectivity index (χ3v) is 4.56. The van der Waals surface area contributed by atoms with E-state index in [2.05, 4.69) is 10.3 Å². The van der Waals surface area contributed by atoms with Crippen molar-refractivity contribution >= 4 is 32.6 Å². The molecule has 3 aromatic rings. The fourth-order valence-corrected chi connectivity index (χ4v) is 3.35. The van der Waals surface area contributed by atoms with Crippen molar-refractivity contribution in [2.24, 2.45) is 0 Å². The summed E-state index contributed by atoms with van der Waals surface area (Å²) in [5, 5.41) is 12.7. The summed E-state index contributed by atoms with van der Waals surface area (Å²) in [5.41, 5.74) is 1.04. The van der Waals surface area contributed by atoms with E-state index in [9.17, 15) is 23.1 Å². The van der Waals surface area contributed by atoms with E-state index in [1.54, 1.807) is 19.9 Å². The van der Waals surface area contributed by atoms with Crippen molar-refractivity contribution in [1.82, 2.24) is 4.98 Å². The number of aromatic nitrogens is 1. The number of phenols is 1. The fraction of sp³-hybridized carbons (Fsp3) is 0.176. The monoisotopic (exact) mass is 366 g/mol. The van der Waals surface area contributed by atoms with Crippen LogP contribution in [0.15, 0.2) is 30.3 Å². The SMILES string of the molecule is Cc1cc(C)c(O)c(C(=O)Nc2nc3ccc(C(F)(F)F)cc3s2)c1. The van der Waals surface area contributed by atoms with Gasteiger partial charge in [0.25, 0.3) is 5.91 Å². The number of benzene rings is 2. The van der Waals surface area contributed by atoms with Gasteiger partial charge in [0.05, 0.1) is 21.3 Å². The highest BCUT2D eigenvalue weighted by molar-refractivity contribution is 7.22. The van der Waals surface area contributed by atoms with Gasteiger partial charge in [-0.15, -0.1) is 0 Å². The average Bonchev–Trinajstić information content (AvgIpc) is 2.91. The number of amides is 1. The topological polar surface area (TPSA) is 62.2 Å². The molecule has 0 saturated carbocycles. The Morgan fingerprint density at radius 1 is 1.20 bits per heavy atom. The first-order valence-corrected chi connectivity index (χ1v) is 8.06. The fourth-order valence-electron chi connectivity index (χ4n) is 2.45. The van der Waals surface area contributed by atoms with Gasteiger partial charge in [0.15, 0.2) is 5.13 Å². The van der Waals surface area contributed by atoms with Gasteiger partial charge in [-0.2, -0.15) is 13.2 Å². The minimum Gasteiger partial charge on any atom is -0.507 e. The molecule has 130 valence electrons. The van der Waals surface area contributed by atoms with Crippen LogP contribution in [0.5, 0.6) is 5.75 Å². The van der Waals surface area contributed by atoms with Gasteiger partial charge >= 0.3 is 6.18 Å². The summed E-state index contributed by atoms with van der Waals surface area (Å²) >= 11 is 0.940. The first kappa shape index (κ1) is 17.2. The summed E-state index contributed by atoms with van der Waals surface area (Å²) in [7, 11) is 0. The lowest BCUT2D eigenvalue weighted by atomic mass is 10.1. The summed E-state index contributed by atoms with van der Waals surface area (Å²) in [6.07, 6.45) is -4.44. The van der Waals surface area contributed by atoms with E-state index < -0.39 is 17.6 Å². The largest absolute Gasteiger partial charge is 0.507 e. The Morgan fingerprint density at radius 2 is 1.92 bits per heavy atom. The molecule has 0 aliphatic heterocycles. The molecular weight excluding hydrogens is 353 g/mol. The van der Waals surface area contributed by atoms with Crippen LogP contribution in [0.1, 0.15) is 27.0 Å². The Morgan fingerprint density at radius 3 is 2.60 bits per heavy atom. The van der Waals surface area contributed by atoms with Crippen molar-refractivity contribution in [2.75, 3.05) is 5.32 Å². The number of aromatic hydroxyl groups is 1. The number of nitrogens with one attached hydrogen (secondary N) is 1. The van der Waals surface area contributed by atoms with Crippen molar-refractivity contribution in [3.8, 4) is 5.75 Å². The molecule has 1 heterocycles. The molecule has 8 heteroatoms. The zero-order valence-electron chi connectivity index (χ0n) is 13.2. The van der Waals surface area contributed by atoms with Crippen molar-refractivity contribution in [3.63, 3.8) is 0 Å². The van der Waals surface area contributed by atoms with E-state index in [1.807, 2.05) is 0 Å². The van der Waals surface area contributed by atoms with Gasteiger partial charge in [-0.3, -0.25) is 10.1 Å². The number of halogens is 3. The third kappa shape index (κ3) is 3.43. The third-order valence-electron chi connectivity index (χ3n) is 3.63. The van der Waals surface area contributed by atoms with Crippen molar-refractivity contribution in [2.45, 2.75) is 20.0 Å². The maximum Gasteiger partial charge on any atom is 0.416 e. The molecule has 1 amide bonds. The number of carbonyl (C=O) groups is 1. The lowest BCUT2D eigenvalue weighted by Gasteiger charge is -2.08. The second-order valence-corrected chi connectivity index (χ2v) is 6.66. The van der Waals surface area contributed by atoms with Crippen LogP contribution in [0.4, 0.5) is 18.3 Å². The number of anilines is 1. The molecule has 0 saturated heterocycles. The summed E-state index contributed by atoms with van der Waals surface area (Å²) in [5.74, 6) is -0.706. The highest BCUT2D eigenvalue weighted by atomic mass is 32.1. The highest BCUT2D eigenvalue weighted by Gasteiger charge is 2.30. The van der Waals surface area contributed by atoms with Crippen LogP contribution in [0, 0.1) is 13.8 Å². The predicted molar refractivity (Wildman–Crippen MR) is 90.2 cm³/mol. The Kier molecular flexibility index (Phi) is 4.16. The van der Waals surface area contributed by atoms with Gasteiger partial charge in [-0.05, 0) is 49.2 Å². The number of nitrogens with zero attached hydrogens (tertiary/aromatic N) is 1. The highest BCUT2D eigenvalue weighted by Crippen LogP contribution is 2.34. The van der Waals surface area contributed by atoms with Gasteiger partial charge in [-0.25, -0.2) is 4.98 Å². The molecule has 4 nitrogen and oxygen atoms in total. The van der Waals surface area contributed by atoms with E-state index >= 15 is 0 Å². The van der Waals surface area contributed by atoms with Gasteiger partial charge in [0, 0.05) is 0 Å². The summed E-state index contributed by atoms with van der Waals surface area (Å²) in [6.45, 7) is 3.47. The predicted octanol–water partition coefficient (Wildman–Crippen LogP) is 4.89. The average molecular weight is 366 g/mol. The molecule has 1 aromatic heterocycles. The van der Waals surface area contributed by atoms with E-state index in [4.69, 9.17) is 0 Å². The number of rotatable bonds is 2. The number of hydrogen-bond acceptors (Lipinski definition) is 4. The second kappa shape index (κ2) is 6.03. The molecule has 2 N–H and O–H groups in total. The van der Waals surface area contributed by atoms with E-state index in [0.29, 0.717) is 15.8 Å². The zero-order chi connectivity index (χ0) is 18.4. The van der Waals surface area contributed by atoms with Gasteiger partial charge in [-0.1, -0.05) is 17.4 Å². The number of hydrogen-bond donors (Lipinski definition) is 2. The Balaban J connectivity index is 1.92. The molecule has 0 spiro atoms. The van der Waals surface area contributed by atoms with Crippen LogP contribution < -0.4 is 5.32 Å². The van der Waals surface area contributed by atoms with Gasteiger partial charge in [0.1, 0.15) is 5.75 Å². The lowest BCUT2D eigenvalue weighted by Crippen LogP contribution is -2.12. The summed E-state index contributed by atoms with van der Waals surface area (Å²) in [4.78, 5) is 16.5. The van der Waals surface area contributed by atoms with E-state index in [-0.39, 0.29) is 16.4 Å². The van der Waals surface area contributed by atoms with Crippen LogP contribution in [0.25, 0.3) is 10.2 Å². The molecule has 3 rings (SSSR count). The molecule has 0 atom stereocenters. The standard InChI is InChI=1S/C17H13F3N2O2S/c1-8-5-9(2)14(23)11(6-8)15(24)22-16-21-12-4-3-10(17(18,19)20)7-13(12)25-16/h3-7,23H,1-2H3,(H,21,22,24). The molecule has 0 aliphatic rings. The van der Waals surface area contributed by atoms with Crippen molar-refractivity contribution < 1.29 is 23.1 Å². The maximum absolute atomic E-state index is 12.8. The van der Waals surface area contributed by atoms with Crippen LogP contribution in [0.3, 0.4) is 0 Å². The number of alkyl halides is 3. The number of fused-ring (bicyclic) bond motifs is 1. The zero-order valence-corrected chi connectivity index (χ0v) is 14.0. The molecule has 0 fully saturated rings. The van der Waals surface area contributed by atoms with Crippen molar-refractivity contribution in [1.29, 1.82) is 0 Å². The van der Waals surface area contributed by atoms with Crippen LogP contribution in [0.2, 0.25) is 0 Å². The first-order valence-electron chi connectivity index (χ1n) is 7.24. The molecule has 2 aromatic carbocycles. The second-order valence-electron chi connectivity index (χ2n) is 5.63. The Labute approximate surface area is 144 Å². The van der Waals surface area contributed by atoms with Gasteiger partial charge < -0.3 is 5.11 Å². The quantitative estimate of drug-likeness (QED) is 0.679. The molecule has 0 unspecified atom stereocenters. The number of aryl methyl sites for hydroxylation is 2. The molecule has 0 aliphatic carbocycles. The Hall–Kier alpha value is -2.61. The van der Waals surface area contributed by atoms with E-state index in [1.165, 1.54) is 12.1 Å².